The van der Waals surface area contributed by atoms with Gasteiger partial charge in [-0.25, -0.2) is 4.79 Å². The first kappa shape index (κ1) is 26.8. The third kappa shape index (κ3) is 7.11. The topological polar surface area (TPSA) is 116 Å². The number of Topliss-reactive ketones (excluding diaryl/α,β-unsaturated/α-hetero) is 1. The molecule has 9 heteroatoms. The highest BCUT2D eigenvalue weighted by Gasteiger charge is 2.24. The molecule has 0 fully saturated rings. The molecule has 0 saturated heterocycles. The molecule has 190 valence electrons. The van der Waals surface area contributed by atoms with Crippen LogP contribution in [-0.4, -0.2) is 37.9 Å². The number of nitrogens with one attached hydrogen (secondary N) is 1. The summed E-state index contributed by atoms with van der Waals surface area (Å²) >= 11 is 0. The van der Waals surface area contributed by atoms with Crippen molar-refractivity contribution in [1.29, 1.82) is 0 Å². The number of amides is 1. The van der Waals surface area contributed by atoms with E-state index in [1.165, 1.54) is 39.3 Å². The maximum Gasteiger partial charge on any atom is 0.338 e. The Bertz CT molecular complexity index is 1330. The summed E-state index contributed by atoms with van der Waals surface area (Å²) in [6.45, 7) is 5.06. The van der Waals surface area contributed by atoms with E-state index in [-0.39, 0.29) is 23.6 Å². The molecule has 0 aliphatic rings. The summed E-state index contributed by atoms with van der Waals surface area (Å²) in [4.78, 5) is 37.4. The maximum atomic E-state index is 12.7. The van der Waals surface area contributed by atoms with Crippen LogP contribution in [0.25, 0.3) is 6.08 Å². The minimum Gasteiger partial charge on any atom is -0.495 e. The van der Waals surface area contributed by atoms with Gasteiger partial charge in [-0.1, -0.05) is 43.0 Å². The zero-order chi connectivity index (χ0) is 26.8. The molecule has 1 unspecified atom stereocenters. The van der Waals surface area contributed by atoms with Gasteiger partial charge in [-0.2, -0.15) is 10.2 Å². The molecule has 9 nitrogen and oxygen atoms in total. The molecule has 1 amide bonds. The van der Waals surface area contributed by atoms with E-state index in [9.17, 15) is 14.4 Å². The van der Waals surface area contributed by atoms with E-state index in [4.69, 9.17) is 14.2 Å². The number of anilines is 1. The second-order valence-corrected chi connectivity index (χ2v) is 7.83. The van der Waals surface area contributed by atoms with Crippen LogP contribution in [0.2, 0.25) is 0 Å². The lowest BCUT2D eigenvalue weighted by molar-refractivity contribution is -0.126. The van der Waals surface area contributed by atoms with Gasteiger partial charge in [0, 0.05) is 0 Å². The summed E-state index contributed by atoms with van der Waals surface area (Å²) in [7, 11) is 2.88. The lowest BCUT2D eigenvalue weighted by Gasteiger charge is -2.12. The number of methoxy groups -OCH3 is 2. The number of para-hydroxylation sites is 2. The highest BCUT2D eigenvalue weighted by molar-refractivity contribution is 6.10. The maximum absolute atomic E-state index is 12.7. The van der Waals surface area contributed by atoms with Gasteiger partial charge in [-0.3, -0.25) is 9.59 Å². The minimum absolute atomic E-state index is 0.0892. The first-order valence-electron chi connectivity index (χ1n) is 11.3. The average Bonchev–Trinajstić information content (AvgIpc) is 2.92. The molecule has 1 N–H and O–H groups in total. The number of hydrogen-bond donors (Lipinski definition) is 1. The highest BCUT2D eigenvalue weighted by Crippen LogP contribution is 2.30. The predicted octanol–water partition coefficient (Wildman–Crippen LogP) is 5.38. The first-order valence-corrected chi connectivity index (χ1v) is 11.3. The Kier molecular flexibility index (Phi) is 9.26. The second-order valence-electron chi connectivity index (χ2n) is 7.83. The molecule has 0 heterocycles. The van der Waals surface area contributed by atoms with Crippen molar-refractivity contribution >= 4 is 35.1 Å². The fraction of sp³-hybridized carbons (Fsp3) is 0.179. The molecule has 1 atom stereocenters. The number of azo groups is 1. The van der Waals surface area contributed by atoms with Crippen LogP contribution in [0.1, 0.15) is 28.4 Å². The Morgan fingerprint density at radius 2 is 1.73 bits per heavy atom. The monoisotopic (exact) mass is 501 g/mol. The summed E-state index contributed by atoms with van der Waals surface area (Å²) in [5.74, 6) is -1.06. The van der Waals surface area contributed by atoms with Crippen LogP contribution < -0.4 is 14.8 Å². The third-order valence-corrected chi connectivity index (χ3v) is 5.25. The van der Waals surface area contributed by atoms with E-state index < -0.39 is 23.7 Å². The Morgan fingerprint density at radius 1 is 0.973 bits per heavy atom. The lowest BCUT2D eigenvalue weighted by Crippen LogP contribution is -2.31. The van der Waals surface area contributed by atoms with Gasteiger partial charge in [0.2, 0.25) is 6.04 Å². The fourth-order valence-electron chi connectivity index (χ4n) is 3.32. The van der Waals surface area contributed by atoms with Gasteiger partial charge < -0.3 is 19.5 Å². The number of hydrogen-bond acceptors (Lipinski definition) is 8. The molecule has 0 saturated carbocycles. The third-order valence-electron chi connectivity index (χ3n) is 5.25. The molecule has 0 bridgehead atoms. The van der Waals surface area contributed by atoms with Crippen molar-refractivity contribution in [2.45, 2.75) is 19.6 Å². The number of nitrogens with zero attached hydrogens (tertiary/aromatic N) is 2. The van der Waals surface area contributed by atoms with Crippen LogP contribution in [-0.2, 0) is 20.9 Å². The van der Waals surface area contributed by atoms with Crippen LogP contribution in [0.15, 0.2) is 83.5 Å². The van der Waals surface area contributed by atoms with Gasteiger partial charge in [-0.05, 0) is 54.4 Å². The molecule has 3 rings (SSSR count). The van der Waals surface area contributed by atoms with Crippen LogP contribution in [0.5, 0.6) is 11.5 Å². The number of ketones is 1. The number of carbonyl (C=O) groups excluding carboxylic acids is 3. The molecule has 0 aliphatic carbocycles. The Hall–Kier alpha value is -4.79. The van der Waals surface area contributed by atoms with Crippen molar-refractivity contribution in [3.63, 3.8) is 0 Å². The van der Waals surface area contributed by atoms with Gasteiger partial charge in [0.05, 0.1) is 25.5 Å². The number of esters is 1. The molecule has 0 aromatic heterocycles. The normalized spacial score (nSPS) is 11.4. The van der Waals surface area contributed by atoms with E-state index in [1.54, 1.807) is 30.3 Å². The fourth-order valence-corrected chi connectivity index (χ4v) is 3.32. The van der Waals surface area contributed by atoms with Crippen molar-refractivity contribution < 1.29 is 28.6 Å². The molecule has 3 aromatic carbocycles. The average molecular weight is 502 g/mol. The summed E-state index contributed by atoms with van der Waals surface area (Å²) in [6, 6.07) is 17.3. The summed E-state index contributed by atoms with van der Waals surface area (Å²) in [5.41, 5.74) is 2.62. The van der Waals surface area contributed by atoms with Crippen molar-refractivity contribution in [2.24, 2.45) is 10.2 Å². The standard InChI is InChI=1S/C28H27N3O6/c1-5-19-9-8-10-20(15-19)17-37-28(34)21-13-14-23(25(16-21)36-4)30-31-26(18(2)32)27(33)29-22-11-6-7-12-24(22)35-3/h5-16,26H,1,17H2,2-4H3,(H,29,33). The van der Waals surface area contributed by atoms with Crippen LogP contribution in [0.4, 0.5) is 11.4 Å². The van der Waals surface area contributed by atoms with Gasteiger partial charge in [-0.15, -0.1) is 0 Å². The molecule has 0 radical (unpaired) electrons. The highest BCUT2D eigenvalue weighted by atomic mass is 16.5. The van der Waals surface area contributed by atoms with Gasteiger partial charge in [0.1, 0.15) is 23.8 Å². The lowest BCUT2D eigenvalue weighted by atomic mass is 10.1. The molecular weight excluding hydrogens is 474 g/mol. The molecule has 0 spiro atoms. The second kappa shape index (κ2) is 12.8. The zero-order valence-electron chi connectivity index (χ0n) is 20.8. The number of benzene rings is 3. The van der Waals surface area contributed by atoms with Crippen molar-refractivity contribution in [3.8, 4) is 11.5 Å². The van der Waals surface area contributed by atoms with E-state index in [0.717, 1.165) is 11.1 Å². The van der Waals surface area contributed by atoms with Crippen molar-refractivity contribution in [3.05, 3.63) is 90.0 Å². The first-order chi connectivity index (χ1) is 17.9. The Morgan fingerprint density at radius 3 is 2.43 bits per heavy atom. The van der Waals surface area contributed by atoms with E-state index >= 15 is 0 Å². The smallest absolute Gasteiger partial charge is 0.338 e. The summed E-state index contributed by atoms with van der Waals surface area (Å²) < 4.78 is 16.0. The Balaban J connectivity index is 1.73. The van der Waals surface area contributed by atoms with Crippen LogP contribution >= 0.6 is 0 Å². The number of rotatable bonds is 11. The van der Waals surface area contributed by atoms with Crippen LogP contribution in [0, 0.1) is 0 Å². The SMILES string of the molecule is C=Cc1cccc(COC(=O)c2ccc(N=NC(C(C)=O)C(=O)Nc3ccccc3OC)c(OC)c2)c1. The van der Waals surface area contributed by atoms with E-state index in [1.807, 2.05) is 24.3 Å². The molecule has 37 heavy (non-hydrogen) atoms. The van der Waals surface area contributed by atoms with Gasteiger partial charge in [0.15, 0.2) is 5.78 Å². The minimum atomic E-state index is -1.40. The summed E-state index contributed by atoms with van der Waals surface area (Å²) in [5, 5.41) is 10.6. The van der Waals surface area contributed by atoms with Gasteiger partial charge in [0.25, 0.3) is 5.91 Å². The number of carbonyl (C=O) groups is 3. The van der Waals surface area contributed by atoms with Crippen molar-refractivity contribution in [1.82, 2.24) is 0 Å². The van der Waals surface area contributed by atoms with Crippen LogP contribution in [0.3, 0.4) is 0 Å². The predicted molar refractivity (Wildman–Crippen MR) is 139 cm³/mol. The largest absolute Gasteiger partial charge is 0.495 e. The Labute approximate surface area is 214 Å². The summed E-state index contributed by atoms with van der Waals surface area (Å²) in [6.07, 6.45) is 1.71. The molecular formula is C28H27N3O6. The van der Waals surface area contributed by atoms with Crippen molar-refractivity contribution in [2.75, 3.05) is 19.5 Å². The number of ether oxygens (including phenoxy) is 3. The molecule has 3 aromatic rings. The zero-order valence-corrected chi connectivity index (χ0v) is 20.8. The van der Waals surface area contributed by atoms with E-state index in [0.29, 0.717) is 11.4 Å². The van der Waals surface area contributed by atoms with Gasteiger partial charge >= 0.3 is 5.97 Å². The quantitative estimate of drug-likeness (QED) is 0.214. The molecule has 0 aliphatic heterocycles. The van der Waals surface area contributed by atoms with E-state index in [2.05, 4.69) is 22.1 Å².